The van der Waals surface area contributed by atoms with Crippen LogP contribution in [0.5, 0.6) is 0 Å². The van der Waals surface area contributed by atoms with Gasteiger partial charge in [-0.05, 0) is 23.7 Å². The van der Waals surface area contributed by atoms with Crippen LogP contribution in [0.15, 0.2) is 42.5 Å². The normalized spacial score (nSPS) is 11.7. The van der Waals surface area contributed by atoms with Gasteiger partial charge in [0.05, 0.1) is 5.56 Å². The first-order valence-electron chi connectivity index (χ1n) is 4.93. The van der Waals surface area contributed by atoms with Gasteiger partial charge in [0, 0.05) is 6.42 Å². The molecule has 0 amide bonds. The number of carbonyl (C=O) groups is 1. The number of hydrogen-bond donors (Lipinski definition) is 0. The number of hydrogen-bond acceptors (Lipinski definition) is 2. The summed E-state index contributed by atoms with van der Waals surface area (Å²) in [5, 5.41) is -3.25. The van der Waals surface area contributed by atoms with E-state index in [2.05, 4.69) is 11.6 Å². The molecule has 0 fully saturated rings. The smallest absolute Gasteiger partial charge is 0.338 e. The van der Waals surface area contributed by atoms with Crippen molar-refractivity contribution < 1.29 is 18.3 Å². The van der Waals surface area contributed by atoms with Crippen molar-refractivity contribution in [3.63, 3.8) is 0 Å². The standard InChI is InChI=1S/C12H11ClF2O2/c13-12(14,15)8-4-5-9-17-11(16)10-6-2-1-3-7-10/h1-7H,8-9H2/b5-4+. The van der Waals surface area contributed by atoms with Crippen LogP contribution in [-0.4, -0.2) is 18.0 Å². The Morgan fingerprint density at radius 3 is 2.53 bits per heavy atom. The summed E-state index contributed by atoms with van der Waals surface area (Å²) in [6, 6.07) is 8.41. The van der Waals surface area contributed by atoms with E-state index in [0.717, 1.165) is 0 Å². The molecule has 0 spiro atoms. The Labute approximate surface area is 103 Å². The molecule has 0 unspecified atom stereocenters. The van der Waals surface area contributed by atoms with Crippen molar-refractivity contribution in [2.24, 2.45) is 0 Å². The van der Waals surface area contributed by atoms with E-state index in [1.165, 1.54) is 12.2 Å². The van der Waals surface area contributed by atoms with E-state index < -0.39 is 17.8 Å². The topological polar surface area (TPSA) is 26.3 Å². The quantitative estimate of drug-likeness (QED) is 0.459. The average molecular weight is 261 g/mol. The lowest BCUT2D eigenvalue weighted by atomic mass is 10.2. The van der Waals surface area contributed by atoms with Crippen LogP contribution in [0.25, 0.3) is 0 Å². The van der Waals surface area contributed by atoms with E-state index in [-0.39, 0.29) is 6.61 Å². The number of carbonyl (C=O) groups excluding carboxylic acids is 1. The second-order valence-electron chi connectivity index (χ2n) is 3.26. The Bertz CT molecular complexity index is 385. The van der Waals surface area contributed by atoms with Crippen LogP contribution in [0.2, 0.25) is 0 Å². The summed E-state index contributed by atoms with van der Waals surface area (Å²) in [6.45, 7) is -0.0549. The van der Waals surface area contributed by atoms with Crippen molar-refractivity contribution >= 4 is 17.6 Å². The van der Waals surface area contributed by atoms with E-state index in [1.807, 2.05) is 0 Å². The zero-order chi connectivity index (χ0) is 12.7. The average Bonchev–Trinajstić information content (AvgIpc) is 2.28. The Morgan fingerprint density at radius 2 is 1.94 bits per heavy atom. The highest BCUT2D eigenvalue weighted by atomic mass is 35.5. The number of rotatable bonds is 5. The van der Waals surface area contributed by atoms with Gasteiger partial charge < -0.3 is 4.74 Å². The van der Waals surface area contributed by atoms with Crippen molar-refractivity contribution in [1.82, 2.24) is 0 Å². The van der Waals surface area contributed by atoms with Crippen molar-refractivity contribution in [3.05, 3.63) is 48.0 Å². The van der Waals surface area contributed by atoms with Gasteiger partial charge in [-0.3, -0.25) is 0 Å². The molecule has 2 nitrogen and oxygen atoms in total. The molecule has 0 saturated carbocycles. The highest BCUT2D eigenvalue weighted by Crippen LogP contribution is 2.23. The SMILES string of the molecule is O=C(OC/C=C/CC(F)(F)Cl)c1ccccc1. The second kappa shape index (κ2) is 6.35. The van der Waals surface area contributed by atoms with Gasteiger partial charge in [0.2, 0.25) is 0 Å². The molecule has 0 aliphatic carbocycles. The van der Waals surface area contributed by atoms with Gasteiger partial charge in [-0.15, -0.1) is 0 Å². The van der Waals surface area contributed by atoms with Gasteiger partial charge in [-0.2, -0.15) is 8.78 Å². The molecule has 5 heteroatoms. The Balaban J connectivity index is 2.30. The number of esters is 1. The summed E-state index contributed by atoms with van der Waals surface area (Å²) in [4.78, 5) is 11.4. The van der Waals surface area contributed by atoms with E-state index in [4.69, 9.17) is 4.74 Å². The molecule has 17 heavy (non-hydrogen) atoms. The highest BCUT2D eigenvalue weighted by molar-refractivity contribution is 6.21. The van der Waals surface area contributed by atoms with Crippen molar-refractivity contribution in [1.29, 1.82) is 0 Å². The summed E-state index contributed by atoms with van der Waals surface area (Å²) in [5.74, 6) is -0.493. The third kappa shape index (κ3) is 6.02. The number of ether oxygens (including phenoxy) is 1. The highest BCUT2D eigenvalue weighted by Gasteiger charge is 2.21. The Hall–Kier alpha value is -1.42. The Morgan fingerprint density at radius 1 is 1.29 bits per heavy atom. The van der Waals surface area contributed by atoms with Gasteiger partial charge in [0.15, 0.2) is 0 Å². The monoisotopic (exact) mass is 260 g/mol. The molecule has 0 heterocycles. The third-order valence-electron chi connectivity index (χ3n) is 1.84. The van der Waals surface area contributed by atoms with Gasteiger partial charge in [-0.25, -0.2) is 4.79 Å². The van der Waals surface area contributed by atoms with Crippen LogP contribution >= 0.6 is 11.6 Å². The lowest BCUT2D eigenvalue weighted by Gasteiger charge is -2.03. The molecule has 0 aliphatic rings. The molecule has 0 radical (unpaired) electrons. The van der Waals surface area contributed by atoms with Crippen molar-refractivity contribution in [2.45, 2.75) is 11.8 Å². The van der Waals surface area contributed by atoms with E-state index in [9.17, 15) is 13.6 Å². The van der Waals surface area contributed by atoms with Crippen LogP contribution in [0.4, 0.5) is 8.78 Å². The maximum absolute atomic E-state index is 12.2. The summed E-state index contributed by atoms with van der Waals surface area (Å²) in [7, 11) is 0. The largest absolute Gasteiger partial charge is 0.458 e. The molecule has 1 aromatic rings. The summed E-state index contributed by atoms with van der Waals surface area (Å²) in [6.07, 6.45) is 1.92. The fraction of sp³-hybridized carbons (Fsp3) is 0.250. The molecule has 1 aromatic carbocycles. The number of benzene rings is 1. The van der Waals surface area contributed by atoms with Gasteiger partial charge >= 0.3 is 11.4 Å². The van der Waals surface area contributed by atoms with E-state index in [1.54, 1.807) is 30.3 Å². The molecule has 0 aromatic heterocycles. The van der Waals surface area contributed by atoms with Crippen molar-refractivity contribution in [2.75, 3.05) is 6.61 Å². The second-order valence-corrected chi connectivity index (χ2v) is 3.81. The molecule has 0 bridgehead atoms. The molecule has 0 aliphatic heterocycles. The zero-order valence-electron chi connectivity index (χ0n) is 8.91. The number of allylic oxidation sites excluding steroid dienone is 1. The minimum atomic E-state index is -3.25. The predicted octanol–water partition coefficient (Wildman–Crippen LogP) is 3.62. The van der Waals surface area contributed by atoms with Crippen LogP contribution in [0.3, 0.4) is 0 Å². The fourth-order valence-corrected chi connectivity index (χ4v) is 1.16. The Kier molecular flexibility index (Phi) is 5.10. The molecular formula is C12H11ClF2O2. The number of alkyl halides is 3. The number of halogens is 3. The third-order valence-corrected chi connectivity index (χ3v) is 1.99. The minimum absolute atomic E-state index is 0.0549. The molecule has 0 atom stereocenters. The summed E-state index contributed by atoms with van der Waals surface area (Å²) in [5.41, 5.74) is 0.420. The molecule has 92 valence electrons. The first-order valence-corrected chi connectivity index (χ1v) is 5.31. The lowest BCUT2D eigenvalue weighted by molar-refractivity contribution is 0.0549. The first kappa shape index (κ1) is 13.6. The van der Waals surface area contributed by atoms with Crippen LogP contribution in [-0.2, 0) is 4.74 Å². The fourth-order valence-electron chi connectivity index (χ4n) is 1.07. The lowest BCUT2D eigenvalue weighted by Crippen LogP contribution is -2.05. The van der Waals surface area contributed by atoms with Crippen LogP contribution in [0, 0.1) is 0 Å². The first-order chi connectivity index (χ1) is 7.99. The van der Waals surface area contributed by atoms with Crippen LogP contribution < -0.4 is 0 Å². The minimum Gasteiger partial charge on any atom is -0.458 e. The summed E-state index contributed by atoms with van der Waals surface area (Å²) >= 11 is 4.68. The van der Waals surface area contributed by atoms with E-state index in [0.29, 0.717) is 5.56 Å². The maximum Gasteiger partial charge on any atom is 0.338 e. The van der Waals surface area contributed by atoms with Gasteiger partial charge in [0.25, 0.3) is 0 Å². The van der Waals surface area contributed by atoms with Gasteiger partial charge in [-0.1, -0.05) is 30.4 Å². The maximum atomic E-state index is 12.2. The molecule has 0 saturated heterocycles. The summed E-state index contributed by atoms with van der Waals surface area (Å²) < 4.78 is 29.2. The van der Waals surface area contributed by atoms with Crippen molar-refractivity contribution in [3.8, 4) is 0 Å². The van der Waals surface area contributed by atoms with Gasteiger partial charge in [0.1, 0.15) is 6.61 Å². The predicted molar refractivity (Wildman–Crippen MR) is 61.3 cm³/mol. The van der Waals surface area contributed by atoms with E-state index >= 15 is 0 Å². The zero-order valence-corrected chi connectivity index (χ0v) is 9.66. The van der Waals surface area contributed by atoms with Crippen LogP contribution in [0.1, 0.15) is 16.8 Å². The molecule has 1 rings (SSSR count). The molecular weight excluding hydrogens is 250 g/mol. The molecule has 0 N–H and O–H groups in total.